The number of alkyl halides is 2. The normalized spacial score (nSPS) is 13.8. The lowest BCUT2D eigenvalue weighted by atomic mass is 9.91. The maximum Gasteiger partial charge on any atom is 0.302 e. The number of rotatable bonds is 10. The Bertz CT molecular complexity index is 1230. The lowest BCUT2D eigenvalue weighted by Gasteiger charge is -2.42. The number of nitrogens with one attached hydrogen (secondary N) is 1. The van der Waals surface area contributed by atoms with Crippen LogP contribution in [0.2, 0.25) is 18.1 Å². The maximum absolute atomic E-state index is 15.9. The topological polar surface area (TPSA) is 59.9 Å². The summed E-state index contributed by atoms with van der Waals surface area (Å²) in [4.78, 5) is 13.0. The Morgan fingerprint density at radius 2 is 1.75 bits per heavy atom. The van der Waals surface area contributed by atoms with E-state index < -0.39 is 37.3 Å². The zero-order chi connectivity index (χ0) is 26.9. The van der Waals surface area contributed by atoms with Crippen molar-refractivity contribution < 1.29 is 17.6 Å². The molecule has 0 bridgehead atoms. The molecule has 3 rings (SSSR count). The van der Waals surface area contributed by atoms with Gasteiger partial charge in [0.1, 0.15) is 27.7 Å². The van der Waals surface area contributed by atoms with Gasteiger partial charge in [-0.3, -0.25) is 0 Å². The van der Waals surface area contributed by atoms with E-state index in [-0.39, 0.29) is 5.56 Å². The van der Waals surface area contributed by atoms with Crippen molar-refractivity contribution in [3.63, 3.8) is 0 Å². The molecule has 5 nitrogen and oxygen atoms in total. The highest BCUT2D eigenvalue weighted by atomic mass is 79.9. The minimum atomic E-state index is -3.54. The molecule has 3 aromatic rings. The third kappa shape index (κ3) is 5.45. The van der Waals surface area contributed by atoms with Crippen molar-refractivity contribution in [3.8, 4) is 0 Å². The zero-order valence-corrected chi connectivity index (χ0v) is 24.4. The first-order valence-electron chi connectivity index (χ1n) is 12.2. The number of aromatic nitrogens is 3. The van der Waals surface area contributed by atoms with Crippen LogP contribution in [0.5, 0.6) is 0 Å². The Morgan fingerprint density at radius 1 is 1.11 bits per heavy atom. The summed E-state index contributed by atoms with van der Waals surface area (Å²) in [6, 6.07) is 7.40. The molecular weight excluding hydrogens is 549 g/mol. The molecule has 0 aliphatic carbocycles. The summed E-state index contributed by atoms with van der Waals surface area (Å²) in [6.45, 7) is 12.1. The van der Waals surface area contributed by atoms with Gasteiger partial charge in [0.25, 0.3) is 0 Å². The van der Waals surface area contributed by atoms with Crippen molar-refractivity contribution in [3.05, 3.63) is 57.8 Å². The molecule has 1 aromatic carbocycles. The summed E-state index contributed by atoms with van der Waals surface area (Å²) in [5.74, 6) is -3.51. The quantitative estimate of drug-likeness (QED) is 0.192. The number of fused-ring (bicyclic) bond motifs is 1. The SMILES string of the molecule is CC[Si](CC)(CC)OC(C)(C)C(F)(F)c1cccc([C@@H](C)Nc2nc(C)nc3cnc(Br)cc23)c1F. The van der Waals surface area contributed by atoms with Crippen LogP contribution in [-0.4, -0.2) is 28.9 Å². The van der Waals surface area contributed by atoms with Crippen molar-refractivity contribution in [2.75, 3.05) is 5.32 Å². The highest BCUT2D eigenvalue weighted by Crippen LogP contribution is 2.46. The van der Waals surface area contributed by atoms with E-state index in [2.05, 4.69) is 36.2 Å². The number of aryl methyl sites for hydroxylation is 1. The van der Waals surface area contributed by atoms with E-state index in [0.717, 1.165) is 24.2 Å². The largest absolute Gasteiger partial charge is 0.405 e. The second-order valence-corrected chi connectivity index (χ2v) is 15.2. The van der Waals surface area contributed by atoms with Crippen LogP contribution in [0.3, 0.4) is 0 Å². The molecule has 0 radical (unpaired) electrons. The van der Waals surface area contributed by atoms with E-state index in [1.165, 1.54) is 26.0 Å². The second kappa shape index (κ2) is 10.7. The first-order valence-corrected chi connectivity index (χ1v) is 15.6. The molecule has 0 amide bonds. The fraction of sp³-hybridized carbons (Fsp3) is 0.500. The maximum atomic E-state index is 15.9. The summed E-state index contributed by atoms with van der Waals surface area (Å²) in [5, 5.41) is 3.87. The third-order valence-corrected chi connectivity index (χ3v) is 12.3. The third-order valence-electron chi connectivity index (χ3n) is 7.01. The predicted octanol–water partition coefficient (Wildman–Crippen LogP) is 8.30. The van der Waals surface area contributed by atoms with Crippen LogP contribution in [-0.2, 0) is 10.3 Å². The molecule has 0 aliphatic heterocycles. The first kappa shape index (κ1) is 28.5. The van der Waals surface area contributed by atoms with Crippen LogP contribution in [0.1, 0.15) is 64.5 Å². The van der Waals surface area contributed by atoms with Crippen LogP contribution in [0.25, 0.3) is 10.9 Å². The predicted molar refractivity (Wildman–Crippen MR) is 144 cm³/mol. The van der Waals surface area contributed by atoms with Gasteiger partial charge < -0.3 is 9.74 Å². The van der Waals surface area contributed by atoms with Gasteiger partial charge in [0.05, 0.1) is 23.3 Å². The summed E-state index contributed by atoms with van der Waals surface area (Å²) in [7, 11) is -2.37. The number of pyridine rings is 1. The van der Waals surface area contributed by atoms with E-state index in [0.29, 0.717) is 27.1 Å². The molecular formula is C26H34BrF3N4OSi. The zero-order valence-electron chi connectivity index (χ0n) is 21.8. The molecule has 10 heteroatoms. The fourth-order valence-corrected chi connectivity index (χ4v) is 8.01. The molecule has 36 heavy (non-hydrogen) atoms. The minimum Gasteiger partial charge on any atom is -0.405 e. The molecule has 0 aliphatic rings. The number of hydrogen-bond acceptors (Lipinski definition) is 5. The monoisotopic (exact) mass is 582 g/mol. The molecule has 2 aromatic heterocycles. The summed E-state index contributed by atoms with van der Waals surface area (Å²) < 4.78 is 54.4. The Labute approximate surface area is 220 Å². The summed E-state index contributed by atoms with van der Waals surface area (Å²) >= 11 is 3.35. The van der Waals surface area contributed by atoms with Crippen LogP contribution < -0.4 is 5.32 Å². The van der Waals surface area contributed by atoms with Crippen LogP contribution >= 0.6 is 15.9 Å². The van der Waals surface area contributed by atoms with Gasteiger partial charge in [-0.05, 0) is 73.9 Å². The van der Waals surface area contributed by atoms with Crippen molar-refractivity contribution in [2.24, 2.45) is 0 Å². The first-order chi connectivity index (χ1) is 16.8. The molecule has 0 fully saturated rings. The van der Waals surface area contributed by atoms with Gasteiger partial charge in [0, 0.05) is 10.9 Å². The molecule has 196 valence electrons. The summed E-state index contributed by atoms with van der Waals surface area (Å²) in [6.07, 6.45) is 1.61. The van der Waals surface area contributed by atoms with Crippen LogP contribution in [0.15, 0.2) is 35.1 Å². The number of nitrogens with zero attached hydrogens (tertiary/aromatic N) is 3. The minimum absolute atomic E-state index is 0.116. The standard InChI is InChI=1S/C26H34BrF3N4OSi/c1-8-36(9-2,10-3)35-25(6,7)26(29,30)20-13-11-12-18(23(20)28)16(4)32-24-19-14-22(27)31-15-21(19)33-17(5)34-24/h11-16H,8-10H2,1-7H3,(H,32,33,34)/t16-/m1/s1. The average Bonchev–Trinajstić information content (AvgIpc) is 2.82. The number of benzene rings is 1. The lowest BCUT2D eigenvalue weighted by Crippen LogP contribution is -2.52. The van der Waals surface area contributed by atoms with Crippen LogP contribution in [0.4, 0.5) is 19.0 Å². The number of anilines is 1. The van der Waals surface area contributed by atoms with Gasteiger partial charge in [0.2, 0.25) is 0 Å². The van der Waals surface area contributed by atoms with Crippen molar-refractivity contribution >= 4 is 41.0 Å². The summed E-state index contributed by atoms with van der Waals surface area (Å²) in [5.41, 5.74) is -1.79. The Hall–Kier alpha value is -2.04. The molecule has 0 spiro atoms. The highest BCUT2D eigenvalue weighted by molar-refractivity contribution is 9.10. The molecule has 1 N–H and O–H groups in total. The van der Waals surface area contributed by atoms with Gasteiger partial charge in [-0.25, -0.2) is 19.3 Å². The Kier molecular flexibility index (Phi) is 8.52. The van der Waals surface area contributed by atoms with Gasteiger partial charge in [0.15, 0.2) is 8.32 Å². The van der Waals surface area contributed by atoms with Crippen molar-refractivity contribution in [2.45, 2.75) is 84.2 Å². The van der Waals surface area contributed by atoms with E-state index in [1.54, 1.807) is 26.1 Å². The van der Waals surface area contributed by atoms with Crippen molar-refractivity contribution in [1.82, 2.24) is 15.0 Å². The van der Waals surface area contributed by atoms with Gasteiger partial charge >= 0.3 is 5.92 Å². The van der Waals surface area contributed by atoms with Gasteiger partial charge in [-0.2, -0.15) is 8.78 Å². The molecule has 0 saturated heterocycles. The Balaban J connectivity index is 1.99. The number of hydrogen-bond donors (Lipinski definition) is 1. The van der Waals surface area contributed by atoms with Gasteiger partial charge in [-0.15, -0.1) is 0 Å². The van der Waals surface area contributed by atoms with E-state index in [1.807, 2.05) is 20.8 Å². The highest BCUT2D eigenvalue weighted by Gasteiger charge is 2.54. The van der Waals surface area contributed by atoms with E-state index in [9.17, 15) is 0 Å². The molecule has 1 atom stereocenters. The van der Waals surface area contributed by atoms with Crippen LogP contribution in [0, 0.1) is 12.7 Å². The molecule has 0 saturated carbocycles. The van der Waals surface area contributed by atoms with E-state index >= 15 is 13.2 Å². The van der Waals surface area contributed by atoms with Crippen molar-refractivity contribution in [1.29, 1.82) is 0 Å². The smallest absolute Gasteiger partial charge is 0.302 e. The van der Waals surface area contributed by atoms with Gasteiger partial charge in [-0.1, -0.05) is 32.9 Å². The Morgan fingerprint density at radius 3 is 2.36 bits per heavy atom. The second-order valence-electron chi connectivity index (χ2n) is 9.65. The average molecular weight is 584 g/mol. The fourth-order valence-electron chi connectivity index (χ4n) is 4.54. The lowest BCUT2D eigenvalue weighted by molar-refractivity contribution is -0.161. The number of halogens is 4. The molecule has 2 heterocycles. The molecule has 0 unspecified atom stereocenters. The van der Waals surface area contributed by atoms with E-state index in [4.69, 9.17) is 4.43 Å².